The van der Waals surface area contributed by atoms with Crippen LogP contribution in [0.4, 0.5) is 5.13 Å². The summed E-state index contributed by atoms with van der Waals surface area (Å²) in [5.74, 6) is -1.68. The number of pyridine rings is 1. The molecule has 0 bridgehead atoms. The lowest BCUT2D eigenvalue weighted by Gasteiger charge is -2.23. The van der Waals surface area contributed by atoms with Crippen LogP contribution < -0.4 is 4.90 Å². The van der Waals surface area contributed by atoms with E-state index in [1.165, 1.54) is 16.2 Å². The van der Waals surface area contributed by atoms with Crippen LogP contribution in [0.5, 0.6) is 0 Å². The van der Waals surface area contributed by atoms with Gasteiger partial charge in [0.25, 0.3) is 5.78 Å². The number of rotatable bonds is 3. The molecular formula is C32H33N3O3S. The van der Waals surface area contributed by atoms with Gasteiger partial charge in [-0.1, -0.05) is 77.1 Å². The zero-order valence-corrected chi connectivity index (χ0v) is 24.2. The van der Waals surface area contributed by atoms with Gasteiger partial charge in [-0.25, -0.2) is 4.98 Å². The lowest BCUT2D eigenvalue weighted by molar-refractivity contribution is -0.132. The number of hydrogen-bond donors (Lipinski definition) is 1. The highest BCUT2D eigenvalue weighted by Gasteiger charge is 2.49. The molecule has 2 aromatic carbocycles. The molecular weight excluding hydrogens is 506 g/mol. The molecule has 0 saturated carbocycles. The Labute approximate surface area is 233 Å². The largest absolute Gasteiger partial charge is 0.507 e. The summed E-state index contributed by atoms with van der Waals surface area (Å²) in [5, 5.41) is 12.1. The molecule has 0 aliphatic carbocycles. The third-order valence-corrected chi connectivity index (χ3v) is 8.24. The monoisotopic (exact) mass is 539 g/mol. The Hall–Kier alpha value is -3.84. The number of ketones is 1. The summed E-state index contributed by atoms with van der Waals surface area (Å²) in [6.45, 7) is 14.6. The number of anilines is 1. The van der Waals surface area contributed by atoms with Crippen LogP contribution >= 0.6 is 11.3 Å². The summed E-state index contributed by atoms with van der Waals surface area (Å²) in [7, 11) is 0. The van der Waals surface area contributed by atoms with Crippen molar-refractivity contribution in [2.24, 2.45) is 0 Å². The summed E-state index contributed by atoms with van der Waals surface area (Å²) in [5.41, 5.74) is 4.54. The van der Waals surface area contributed by atoms with Gasteiger partial charge in [0.1, 0.15) is 11.8 Å². The van der Waals surface area contributed by atoms with Gasteiger partial charge in [-0.2, -0.15) is 0 Å². The third kappa shape index (κ3) is 4.76. The second-order valence-corrected chi connectivity index (χ2v) is 13.1. The first-order valence-electron chi connectivity index (χ1n) is 13.0. The average Bonchev–Trinajstić information content (AvgIpc) is 3.41. The van der Waals surface area contributed by atoms with E-state index in [2.05, 4.69) is 52.6 Å². The Morgan fingerprint density at radius 2 is 1.59 bits per heavy atom. The number of hydrogen-bond acceptors (Lipinski definition) is 6. The van der Waals surface area contributed by atoms with Crippen LogP contribution in [0.3, 0.4) is 0 Å². The standard InChI is InChI=1S/C32H33N3O3S/c1-18-11-12-19(31(2,3)4)16-21(18)27(36)25-26(23-10-8-9-15-33-23)35(29(38)28(25)37)30-34-22-14-13-20(32(5,6)7)17-24(22)39-30/h8-17,26,36H,1-7H3/b27-25+. The highest BCUT2D eigenvalue weighted by Crippen LogP contribution is 2.44. The fourth-order valence-electron chi connectivity index (χ4n) is 4.82. The molecule has 1 aliphatic heterocycles. The second kappa shape index (κ2) is 9.42. The number of carbonyl (C=O) groups is 2. The zero-order chi connectivity index (χ0) is 28.3. The van der Waals surface area contributed by atoms with Crippen LogP contribution in [0.2, 0.25) is 0 Å². The molecule has 1 aliphatic rings. The first-order valence-corrected chi connectivity index (χ1v) is 13.8. The predicted molar refractivity (Wildman–Crippen MR) is 157 cm³/mol. The second-order valence-electron chi connectivity index (χ2n) is 12.1. The molecule has 1 atom stereocenters. The van der Waals surface area contributed by atoms with Crippen LogP contribution in [-0.2, 0) is 20.4 Å². The predicted octanol–water partition coefficient (Wildman–Crippen LogP) is 7.22. The van der Waals surface area contributed by atoms with Gasteiger partial charge < -0.3 is 5.11 Å². The average molecular weight is 540 g/mol. The van der Waals surface area contributed by atoms with Gasteiger partial charge in [0, 0.05) is 11.8 Å². The maximum Gasteiger partial charge on any atom is 0.301 e. The van der Waals surface area contributed by atoms with Crippen LogP contribution in [0.15, 0.2) is 66.4 Å². The number of nitrogens with zero attached hydrogens (tertiary/aromatic N) is 3. The van der Waals surface area contributed by atoms with Crippen molar-refractivity contribution < 1.29 is 14.7 Å². The number of carbonyl (C=O) groups excluding carboxylic acids is 2. The van der Waals surface area contributed by atoms with Crippen LogP contribution in [0.25, 0.3) is 16.0 Å². The quantitative estimate of drug-likeness (QED) is 0.169. The number of Topliss-reactive ketones (excluding diaryl/α,β-unsaturated/α-hetero) is 1. The van der Waals surface area contributed by atoms with Crippen LogP contribution in [0, 0.1) is 6.92 Å². The number of aromatic nitrogens is 2. The molecule has 1 amide bonds. The summed E-state index contributed by atoms with van der Waals surface area (Å²) < 4.78 is 0.924. The molecule has 1 N–H and O–H groups in total. The molecule has 0 radical (unpaired) electrons. The maximum atomic E-state index is 13.6. The van der Waals surface area contributed by atoms with Crippen molar-refractivity contribution in [1.82, 2.24) is 9.97 Å². The van der Waals surface area contributed by atoms with Gasteiger partial charge in [0.05, 0.1) is 21.5 Å². The lowest BCUT2D eigenvalue weighted by Crippen LogP contribution is -2.29. The van der Waals surface area contributed by atoms with Crippen LogP contribution in [-0.4, -0.2) is 26.8 Å². The Bertz CT molecular complexity index is 1640. The summed E-state index contributed by atoms with van der Waals surface area (Å²) in [6.07, 6.45) is 1.62. The highest BCUT2D eigenvalue weighted by atomic mass is 32.1. The summed E-state index contributed by atoms with van der Waals surface area (Å²) in [6, 6.07) is 16.4. The normalized spacial score (nSPS) is 17.8. The Morgan fingerprint density at radius 3 is 2.23 bits per heavy atom. The molecule has 1 saturated heterocycles. The topological polar surface area (TPSA) is 83.4 Å². The molecule has 200 valence electrons. The van der Waals surface area contributed by atoms with Gasteiger partial charge in [-0.05, 0) is 64.8 Å². The van der Waals surface area contributed by atoms with Crippen LogP contribution in [0.1, 0.15) is 75.5 Å². The van der Waals surface area contributed by atoms with E-state index in [4.69, 9.17) is 4.98 Å². The summed E-state index contributed by atoms with van der Waals surface area (Å²) in [4.78, 5) is 37.9. The number of aliphatic hydroxyl groups excluding tert-OH is 1. The Balaban J connectivity index is 1.72. The number of aliphatic hydroxyl groups is 1. The highest BCUT2D eigenvalue weighted by molar-refractivity contribution is 7.22. The van der Waals surface area contributed by atoms with Crippen molar-refractivity contribution in [3.8, 4) is 0 Å². The van der Waals surface area contributed by atoms with Crippen molar-refractivity contribution in [2.45, 2.75) is 65.3 Å². The maximum absolute atomic E-state index is 13.6. The van der Waals surface area contributed by atoms with Gasteiger partial charge in [0.2, 0.25) is 0 Å². The van der Waals surface area contributed by atoms with E-state index in [1.54, 1.807) is 18.3 Å². The van der Waals surface area contributed by atoms with Gasteiger partial charge in [-0.3, -0.25) is 19.5 Å². The van der Waals surface area contributed by atoms with Gasteiger partial charge in [0.15, 0.2) is 5.13 Å². The molecule has 2 aromatic heterocycles. The third-order valence-electron chi connectivity index (χ3n) is 7.22. The number of fused-ring (bicyclic) bond motifs is 1. The number of amides is 1. The van der Waals surface area contributed by atoms with Crippen molar-refractivity contribution in [1.29, 1.82) is 0 Å². The SMILES string of the molecule is Cc1ccc(C(C)(C)C)cc1/C(O)=C1\C(=O)C(=O)N(c2nc3ccc(C(C)(C)C)cc3s2)C1c1ccccn1. The smallest absolute Gasteiger partial charge is 0.301 e. The Morgan fingerprint density at radius 1 is 0.923 bits per heavy atom. The van der Waals surface area contributed by atoms with Crippen molar-refractivity contribution in [2.75, 3.05) is 4.90 Å². The lowest BCUT2D eigenvalue weighted by atomic mass is 9.84. The van der Waals surface area contributed by atoms with E-state index < -0.39 is 17.7 Å². The van der Waals surface area contributed by atoms with Gasteiger partial charge in [-0.15, -0.1) is 0 Å². The van der Waals surface area contributed by atoms with E-state index in [1.807, 2.05) is 43.3 Å². The molecule has 6 nitrogen and oxygen atoms in total. The van der Waals surface area contributed by atoms with Crippen molar-refractivity contribution in [3.63, 3.8) is 0 Å². The minimum atomic E-state index is -0.911. The van der Waals surface area contributed by atoms with E-state index in [9.17, 15) is 14.7 Å². The molecule has 39 heavy (non-hydrogen) atoms. The van der Waals surface area contributed by atoms with E-state index in [0.717, 1.165) is 26.9 Å². The summed E-state index contributed by atoms with van der Waals surface area (Å²) >= 11 is 1.36. The number of aryl methyl sites for hydroxylation is 1. The van der Waals surface area contributed by atoms with Crippen molar-refractivity contribution >= 4 is 44.1 Å². The first kappa shape index (κ1) is 26.8. The molecule has 3 heterocycles. The molecule has 1 fully saturated rings. The van der Waals surface area contributed by atoms with Gasteiger partial charge >= 0.3 is 5.91 Å². The van der Waals surface area contributed by atoms with Crippen molar-refractivity contribution in [3.05, 3.63) is 94.3 Å². The first-order chi connectivity index (χ1) is 18.3. The number of thiazole rings is 1. The van der Waals surface area contributed by atoms with E-state index in [-0.39, 0.29) is 22.2 Å². The van der Waals surface area contributed by atoms with E-state index >= 15 is 0 Å². The Kier molecular flexibility index (Phi) is 6.46. The zero-order valence-electron chi connectivity index (χ0n) is 23.4. The molecule has 7 heteroatoms. The minimum Gasteiger partial charge on any atom is -0.507 e. The number of benzene rings is 2. The fraction of sp³-hybridized carbons (Fsp3) is 0.312. The molecule has 5 rings (SSSR count). The minimum absolute atomic E-state index is 0.0162. The molecule has 1 unspecified atom stereocenters. The molecule has 4 aromatic rings. The fourth-order valence-corrected chi connectivity index (χ4v) is 5.85. The van der Waals surface area contributed by atoms with E-state index in [0.29, 0.717) is 16.4 Å². The molecule has 0 spiro atoms.